The van der Waals surface area contributed by atoms with E-state index in [4.69, 9.17) is 0 Å². The predicted molar refractivity (Wildman–Crippen MR) is 131 cm³/mol. The first-order valence-corrected chi connectivity index (χ1v) is 11.0. The fourth-order valence-corrected chi connectivity index (χ4v) is 4.00. The molecular formula is C28H22F2N4. The number of nitrogens with one attached hydrogen (secondary N) is 1. The van der Waals surface area contributed by atoms with Crippen molar-refractivity contribution in [3.63, 3.8) is 0 Å². The van der Waals surface area contributed by atoms with E-state index in [2.05, 4.69) is 20.3 Å². The van der Waals surface area contributed by atoms with Crippen molar-refractivity contribution in [3.8, 4) is 22.4 Å². The zero-order chi connectivity index (χ0) is 23.5. The van der Waals surface area contributed by atoms with Crippen LogP contribution in [0.2, 0.25) is 0 Å². The molecule has 0 radical (unpaired) electrons. The van der Waals surface area contributed by atoms with E-state index < -0.39 is 0 Å². The minimum atomic E-state index is -0.295. The molecule has 0 unspecified atom stereocenters. The predicted octanol–water partition coefficient (Wildman–Crippen LogP) is 6.60. The van der Waals surface area contributed by atoms with Gasteiger partial charge in [0.15, 0.2) is 0 Å². The van der Waals surface area contributed by atoms with Crippen LogP contribution in [-0.2, 0) is 6.42 Å². The number of anilines is 1. The number of fused-ring (bicyclic) bond motifs is 1. The first-order valence-electron chi connectivity index (χ1n) is 11.0. The quantitative estimate of drug-likeness (QED) is 0.315. The van der Waals surface area contributed by atoms with Crippen LogP contribution in [0.5, 0.6) is 0 Å². The number of aromatic nitrogens is 3. The third-order valence-corrected chi connectivity index (χ3v) is 5.72. The number of rotatable bonds is 6. The zero-order valence-electron chi connectivity index (χ0n) is 18.6. The molecule has 0 saturated carbocycles. The molecule has 0 fully saturated rings. The van der Waals surface area contributed by atoms with E-state index in [1.807, 2.05) is 49.4 Å². The Morgan fingerprint density at radius 2 is 1.71 bits per heavy atom. The van der Waals surface area contributed by atoms with Gasteiger partial charge in [-0.2, -0.15) is 0 Å². The summed E-state index contributed by atoms with van der Waals surface area (Å²) in [7, 11) is 0. The molecule has 0 spiro atoms. The van der Waals surface area contributed by atoms with Crippen molar-refractivity contribution < 1.29 is 8.78 Å². The Kier molecular flexibility index (Phi) is 5.95. The monoisotopic (exact) mass is 452 g/mol. The zero-order valence-corrected chi connectivity index (χ0v) is 18.6. The van der Waals surface area contributed by atoms with Gasteiger partial charge in [-0.15, -0.1) is 0 Å². The Morgan fingerprint density at radius 3 is 2.53 bits per heavy atom. The van der Waals surface area contributed by atoms with Gasteiger partial charge in [0.25, 0.3) is 0 Å². The summed E-state index contributed by atoms with van der Waals surface area (Å²) in [6.07, 6.45) is 5.80. The van der Waals surface area contributed by atoms with Gasteiger partial charge in [-0.25, -0.2) is 13.8 Å². The van der Waals surface area contributed by atoms with Crippen LogP contribution in [0, 0.1) is 18.6 Å². The van der Waals surface area contributed by atoms with Gasteiger partial charge in [0.1, 0.15) is 17.5 Å². The summed E-state index contributed by atoms with van der Waals surface area (Å²) in [5.74, 6) is 0.164. The Balaban J connectivity index is 1.30. The average Bonchev–Trinajstić information content (AvgIpc) is 2.84. The van der Waals surface area contributed by atoms with E-state index in [1.54, 1.807) is 30.7 Å². The maximum atomic E-state index is 14.7. The van der Waals surface area contributed by atoms with Crippen molar-refractivity contribution in [2.45, 2.75) is 13.3 Å². The third kappa shape index (κ3) is 4.62. The van der Waals surface area contributed by atoms with E-state index in [0.29, 0.717) is 30.0 Å². The second-order valence-electron chi connectivity index (χ2n) is 8.14. The summed E-state index contributed by atoms with van der Waals surface area (Å²) in [5, 5.41) is 5.16. The first-order chi connectivity index (χ1) is 16.6. The van der Waals surface area contributed by atoms with Crippen molar-refractivity contribution in [3.05, 3.63) is 108 Å². The lowest BCUT2D eigenvalue weighted by atomic mass is 10.0. The van der Waals surface area contributed by atoms with Crippen molar-refractivity contribution in [2.24, 2.45) is 0 Å². The van der Waals surface area contributed by atoms with E-state index in [-0.39, 0.29) is 11.6 Å². The van der Waals surface area contributed by atoms with Crippen LogP contribution in [0.3, 0.4) is 0 Å². The van der Waals surface area contributed by atoms with E-state index in [1.165, 1.54) is 12.1 Å². The lowest BCUT2D eigenvalue weighted by Gasteiger charge is -2.11. The van der Waals surface area contributed by atoms with Crippen molar-refractivity contribution in [2.75, 3.05) is 11.9 Å². The SMILES string of the molecule is Cc1cc(-c2ccc(CCNc3nccc4cc(-c5cccc(F)c5)ncc34)cc2F)ccn1. The lowest BCUT2D eigenvalue weighted by molar-refractivity contribution is 0.628. The number of hydrogen-bond acceptors (Lipinski definition) is 4. The van der Waals surface area contributed by atoms with Crippen LogP contribution in [0.4, 0.5) is 14.6 Å². The van der Waals surface area contributed by atoms with Gasteiger partial charge in [-0.05, 0) is 72.3 Å². The molecule has 34 heavy (non-hydrogen) atoms. The number of aryl methyl sites for hydroxylation is 1. The van der Waals surface area contributed by atoms with Crippen LogP contribution in [0.1, 0.15) is 11.3 Å². The van der Waals surface area contributed by atoms with Crippen molar-refractivity contribution in [1.29, 1.82) is 0 Å². The molecule has 5 aromatic rings. The maximum absolute atomic E-state index is 14.7. The molecule has 2 aromatic carbocycles. The topological polar surface area (TPSA) is 50.7 Å². The Labute approximate surface area is 196 Å². The Hall–Kier alpha value is -4.19. The molecule has 0 atom stereocenters. The summed E-state index contributed by atoms with van der Waals surface area (Å²) in [4.78, 5) is 13.1. The van der Waals surface area contributed by atoms with Crippen molar-refractivity contribution >= 4 is 16.6 Å². The van der Waals surface area contributed by atoms with Gasteiger partial charge in [0.2, 0.25) is 0 Å². The van der Waals surface area contributed by atoms with Gasteiger partial charge in [0.05, 0.1) is 5.69 Å². The molecule has 0 bridgehead atoms. The molecule has 3 aromatic heterocycles. The van der Waals surface area contributed by atoms with Gasteiger partial charge >= 0.3 is 0 Å². The fraction of sp³-hybridized carbons (Fsp3) is 0.107. The normalized spacial score (nSPS) is 11.0. The first kappa shape index (κ1) is 21.6. The second kappa shape index (κ2) is 9.35. The highest BCUT2D eigenvalue weighted by Crippen LogP contribution is 2.27. The average molecular weight is 453 g/mol. The molecule has 3 heterocycles. The second-order valence-corrected chi connectivity index (χ2v) is 8.14. The van der Waals surface area contributed by atoms with Crippen LogP contribution in [0.25, 0.3) is 33.2 Å². The molecule has 0 aliphatic heterocycles. The number of pyridine rings is 3. The van der Waals surface area contributed by atoms with Gasteiger partial charge in [-0.3, -0.25) is 9.97 Å². The largest absolute Gasteiger partial charge is 0.369 e. The maximum Gasteiger partial charge on any atom is 0.135 e. The van der Waals surface area contributed by atoms with Gasteiger partial charge in [0, 0.05) is 47.3 Å². The number of benzene rings is 2. The molecule has 0 saturated heterocycles. The van der Waals surface area contributed by atoms with E-state index >= 15 is 0 Å². The molecule has 0 aliphatic carbocycles. The standard InChI is InChI=1S/C28H22F2N4/c1-18-13-20(8-11-31-18)24-6-5-19(14-26(24)30)7-10-32-28-25-17-34-27(16-21(25)9-12-33-28)22-3-2-4-23(29)15-22/h2-6,8-9,11-17H,7,10H2,1H3,(H,32,33). The molecule has 168 valence electrons. The molecule has 1 N–H and O–H groups in total. The molecule has 4 nitrogen and oxygen atoms in total. The fourth-order valence-electron chi connectivity index (χ4n) is 4.00. The summed E-state index contributed by atoms with van der Waals surface area (Å²) in [6.45, 7) is 2.48. The molecule has 5 rings (SSSR count). The van der Waals surface area contributed by atoms with Crippen LogP contribution in [-0.4, -0.2) is 21.5 Å². The highest BCUT2D eigenvalue weighted by molar-refractivity contribution is 5.93. The smallest absolute Gasteiger partial charge is 0.135 e. The number of hydrogen-bond donors (Lipinski definition) is 1. The van der Waals surface area contributed by atoms with E-state index in [0.717, 1.165) is 33.2 Å². The summed E-state index contributed by atoms with van der Waals surface area (Å²) in [6, 6.07) is 19.2. The minimum Gasteiger partial charge on any atom is -0.369 e. The van der Waals surface area contributed by atoms with E-state index in [9.17, 15) is 8.78 Å². The summed E-state index contributed by atoms with van der Waals surface area (Å²) < 4.78 is 28.3. The Morgan fingerprint density at radius 1 is 0.824 bits per heavy atom. The van der Waals surface area contributed by atoms with Gasteiger partial charge < -0.3 is 5.32 Å². The minimum absolute atomic E-state index is 0.250. The summed E-state index contributed by atoms with van der Waals surface area (Å²) >= 11 is 0. The molecule has 0 amide bonds. The van der Waals surface area contributed by atoms with Gasteiger partial charge in [-0.1, -0.05) is 24.3 Å². The Bertz CT molecular complexity index is 1480. The van der Waals surface area contributed by atoms with Crippen LogP contribution < -0.4 is 5.32 Å². The van der Waals surface area contributed by atoms with Crippen LogP contribution >= 0.6 is 0 Å². The molecule has 6 heteroatoms. The highest BCUT2D eigenvalue weighted by Gasteiger charge is 2.09. The third-order valence-electron chi connectivity index (χ3n) is 5.72. The molecule has 0 aliphatic rings. The molecular weight excluding hydrogens is 430 g/mol. The lowest BCUT2D eigenvalue weighted by Crippen LogP contribution is -2.07. The van der Waals surface area contributed by atoms with Crippen molar-refractivity contribution in [1.82, 2.24) is 15.0 Å². The van der Waals surface area contributed by atoms with Crippen LogP contribution in [0.15, 0.2) is 85.3 Å². The number of nitrogens with zero attached hydrogens (tertiary/aromatic N) is 3. The highest BCUT2D eigenvalue weighted by atomic mass is 19.1. The summed E-state index contributed by atoms with van der Waals surface area (Å²) in [5.41, 5.74) is 4.55. The number of halogens is 2.